The first kappa shape index (κ1) is 12.7. The average molecular weight is 239 g/mol. The van der Waals surface area contributed by atoms with Gasteiger partial charge in [-0.1, -0.05) is 18.3 Å². The van der Waals surface area contributed by atoms with Gasteiger partial charge in [-0.2, -0.15) is 0 Å². The molecule has 0 aromatic carbocycles. The molecule has 0 atom stereocenters. The number of carbonyl (C=O) groups excluding carboxylic acids is 1. The van der Waals surface area contributed by atoms with Crippen molar-refractivity contribution in [3.8, 4) is 0 Å². The molecule has 16 heavy (non-hydrogen) atoms. The van der Waals surface area contributed by atoms with E-state index in [-0.39, 0.29) is 18.0 Å². The van der Waals surface area contributed by atoms with E-state index in [1.807, 2.05) is 0 Å². The summed E-state index contributed by atoms with van der Waals surface area (Å²) in [5.74, 6) is 0.532. The molecule has 1 aromatic rings. The second-order valence-corrected chi connectivity index (χ2v) is 3.81. The van der Waals surface area contributed by atoms with E-state index in [0.29, 0.717) is 16.7 Å². The number of Topliss-reactive ketones (excluding diaryl/α,β-unsaturated/α-hetero) is 1. The van der Waals surface area contributed by atoms with Crippen LogP contribution in [0, 0.1) is 6.92 Å². The third kappa shape index (κ3) is 2.59. The molecule has 0 spiro atoms. The average Bonchev–Trinajstić information content (AvgIpc) is 2.66. The number of hydrogen-bond donors (Lipinski definition) is 1. The predicted octanol–water partition coefficient (Wildman–Crippen LogP) is 1.53. The lowest BCUT2D eigenvalue weighted by atomic mass is 10.2. The predicted molar refractivity (Wildman–Crippen MR) is 64.6 cm³/mol. The lowest BCUT2D eigenvalue weighted by Gasteiger charge is -1.97. The van der Waals surface area contributed by atoms with E-state index in [4.69, 9.17) is 10.2 Å². The van der Waals surface area contributed by atoms with Crippen molar-refractivity contribution >= 4 is 22.6 Å². The lowest BCUT2D eigenvalue weighted by Crippen LogP contribution is -2.12. The minimum absolute atomic E-state index is 0.168. The molecule has 0 bridgehead atoms. The summed E-state index contributed by atoms with van der Waals surface area (Å²) < 4.78 is 5.21. The van der Waals surface area contributed by atoms with Crippen molar-refractivity contribution < 1.29 is 9.21 Å². The number of nitrogens with zero attached hydrogens (tertiary/aromatic N) is 2. The van der Waals surface area contributed by atoms with Crippen molar-refractivity contribution in [3.63, 3.8) is 0 Å². The minimum Gasteiger partial charge on any atom is -0.444 e. The van der Waals surface area contributed by atoms with Gasteiger partial charge in [0, 0.05) is 7.05 Å². The summed E-state index contributed by atoms with van der Waals surface area (Å²) >= 11 is 1.16. The zero-order chi connectivity index (χ0) is 12.1. The second kappa shape index (κ2) is 5.62. The molecule has 86 valence electrons. The molecule has 5 nitrogen and oxygen atoms in total. The number of nitrogens with two attached hydrogens (primary N) is 1. The Bertz CT molecular complexity index is 437. The van der Waals surface area contributed by atoms with Gasteiger partial charge in [0.25, 0.3) is 0 Å². The summed E-state index contributed by atoms with van der Waals surface area (Å²) in [5, 5.41) is 1.87. The number of aryl methyl sites for hydroxylation is 1. The number of oxazole rings is 1. The van der Waals surface area contributed by atoms with Crippen LogP contribution in [0.1, 0.15) is 22.1 Å². The smallest absolute Gasteiger partial charge is 0.239 e. The Morgan fingerprint density at radius 1 is 1.75 bits per heavy atom. The maximum Gasteiger partial charge on any atom is 0.239 e. The van der Waals surface area contributed by atoms with Gasteiger partial charge >= 0.3 is 0 Å². The van der Waals surface area contributed by atoms with Gasteiger partial charge in [-0.25, -0.2) is 4.98 Å². The largest absolute Gasteiger partial charge is 0.444 e. The number of ketones is 1. The van der Waals surface area contributed by atoms with Crippen LogP contribution in [0.2, 0.25) is 0 Å². The van der Waals surface area contributed by atoms with E-state index < -0.39 is 0 Å². The second-order valence-electron chi connectivity index (χ2n) is 2.86. The molecule has 2 N–H and O–H groups in total. The summed E-state index contributed by atoms with van der Waals surface area (Å²) in [4.78, 5) is 19.8. The minimum atomic E-state index is -0.270. The standard InChI is InChI=1S/C10H13N3O2S/c1-4-16-10(12-3)9(14)8-6(2)15-7(5-11)13-8/h4H,1,5,11H2,2-3H3. The fourth-order valence-electron chi connectivity index (χ4n) is 1.14. The highest BCUT2D eigenvalue weighted by atomic mass is 32.2. The van der Waals surface area contributed by atoms with E-state index in [1.165, 1.54) is 0 Å². The van der Waals surface area contributed by atoms with Gasteiger partial charge in [-0.05, 0) is 12.3 Å². The number of thioether (sulfide) groups is 1. The highest BCUT2D eigenvalue weighted by molar-refractivity contribution is 8.18. The lowest BCUT2D eigenvalue weighted by molar-refractivity contribution is 0.106. The quantitative estimate of drug-likeness (QED) is 0.489. The number of aliphatic imine (C=N–C) groups is 1. The van der Waals surface area contributed by atoms with Gasteiger partial charge in [0.15, 0.2) is 5.69 Å². The number of carbonyl (C=O) groups is 1. The van der Waals surface area contributed by atoms with Crippen LogP contribution in [-0.2, 0) is 6.54 Å². The summed E-state index contributed by atoms with van der Waals surface area (Å²) in [6.45, 7) is 5.37. The van der Waals surface area contributed by atoms with Gasteiger partial charge < -0.3 is 10.2 Å². The molecule has 0 unspecified atom stereocenters. The van der Waals surface area contributed by atoms with E-state index in [2.05, 4.69) is 16.6 Å². The van der Waals surface area contributed by atoms with Crippen LogP contribution in [0.3, 0.4) is 0 Å². The fourth-order valence-corrected chi connectivity index (χ4v) is 1.60. The Morgan fingerprint density at radius 2 is 2.44 bits per heavy atom. The van der Waals surface area contributed by atoms with Crippen LogP contribution in [0.5, 0.6) is 0 Å². The Balaban J connectivity index is 3.03. The Labute approximate surface area is 97.8 Å². The molecule has 0 saturated carbocycles. The first-order chi connectivity index (χ1) is 7.63. The van der Waals surface area contributed by atoms with E-state index in [1.54, 1.807) is 19.4 Å². The van der Waals surface area contributed by atoms with Crippen molar-refractivity contribution in [2.24, 2.45) is 10.7 Å². The van der Waals surface area contributed by atoms with Crippen LogP contribution in [-0.4, -0.2) is 22.9 Å². The Hall–Kier alpha value is -1.40. The monoisotopic (exact) mass is 239 g/mol. The summed E-state index contributed by atoms with van der Waals surface area (Å²) in [5.41, 5.74) is 5.64. The van der Waals surface area contributed by atoms with Gasteiger partial charge in [0.05, 0.1) is 6.54 Å². The van der Waals surface area contributed by atoms with Crippen molar-refractivity contribution in [1.82, 2.24) is 4.98 Å². The molecule has 1 heterocycles. The zero-order valence-electron chi connectivity index (χ0n) is 9.19. The van der Waals surface area contributed by atoms with Gasteiger partial charge in [0.2, 0.25) is 11.7 Å². The third-order valence-electron chi connectivity index (χ3n) is 1.82. The SMILES string of the molecule is C=CSC(=NC)C(=O)c1nc(CN)oc1C. The number of hydrogen-bond acceptors (Lipinski definition) is 6. The van der Waals surface area contributed by atoms with Gasteiger partial charge in [0.1, 0.15) is 10.8 Å². The fraction of sp³-hybridized carbons (Fsp3) is 0.300. The molecule has 1 aromatic heterocycles. The molecule has 0 fully saturated rings. The summed E-state index contributed by atoms with van der Waals surface area (Å²) in [7, 11) is 1.54. The van der Waals surface area contributed by atoms with Crippen molar-refractivity contribution in [2.75, 3.05) is 7.05 Å². The Kier molecular flexibility index (Phi) is 4.45. The summed E-state index contributed by atoms with van der Waals surface area (Å²) in [6.07, 6.45) is 0. The zero-order valence-corrected chi connectivity index (χ0v) is 10.0. The van der Waals surface area contributed by atoms with Crippen molar-refractivity contribution in [3.05, 3.63) is 29.3 Å². The maximum atomic E-state index is 12.0. The summed E-state index contributed by atoms with van der Waals surface area (Å²) in [6, 6.07) is 0. The van der Waals surface area contributed by atoms with Crippen LogP contribution >= 0.6 is 11.8 Å². The topological polar surface area (TPSA) is 81.5 Å². The highest BCUT2D eigenvalue weighted by Crippen LogP contribution is 2.15. The number of aromatic nitrogens is 1. The molecule has 1 rings (SSSR count). The number of rotatable bonds is 4. The van der Waals surface area contributed by atoms with Gasteiger partial charge in [-0.3, -0.25) is 9.79 Å². The molecule has 0 aliphatic heterocycles. The molecule has 6 heteroatoms. The molecule has 0 aliphatic rings. The first-order valence-electron chi connectivity index (χ1n) is 4.59. The van der Waals surface area contributed by atoms with Crippen LogP contribution < -0.4 is 5.73 Å². The normalized spacial score (nSPS) is 11.6. The van der Waals surface area contributed by atoms with Gasteiger partial charge in [-0.15, -0.1) is 0 Å². The van der Waals surface area contributed by atoms with Crippen molar-refractivity contribution in [2.45, 2.75) is 13.5 Å². The first-order valence-corrected chi connectivity index (χ1v) is 5.47. The molecular weight excluding hydrogens is 226 g/mol. The molecule has 0 amide bonds. The molecular formula is C10H13N3O2S. The third-order valence-corrected chi connectivity index (χ3v) is 2.58. The molecule has 0 aliphatic carbocycles. The van der Waals surface area contributed by atoms with Crippen LogP contribution in [0.4, 0.5) is 0 Å². The maximum absolute atomic E-state index is 12.0. The van der Waals surface area contributed by atoms with Crippen LogP contribution in [0.25, 0.3) is 0 Å². The van der Waals surface area contributed by atoms with E-state index in [9.17, 15) is 4.79 Å². The molecule has 0 radical (unpaired) electrons. The van der Waals surface area contributed by atoms with E-state index >= 15 is 0 Å². The van der Waals surface area contributed by atoms with Crippen LogP contribution in [0.15, 0.2) is 21.4 Å². The molecule has 0 saturated heterocycles. The highest BCUT2D eigenvalue weighted by Gasteiger charge is 2.20. The Morgan fingerprint density at radius 3 is 2.88 bits per heavy atom. The van der Waals surface area contributed by atoms with Crippen molar-refractivity contribution in [1.29, 1.82) is 0 Å². The van der Waals surface area contributed by atoms with E-state index in [0.717, 1.165) is 11.8 Å².